The molecule has 106 valence electrons. The average Bonchev–Trinajstić information content (AvgIpc) is 2.52. The van der Waals surface area contributed by atoms with Gasteiger partial charge in [0.15, 0.2) is 0 Å². The van der Waals surface area contributed by atoms with E-state index in [9.17, 15) is 23.5 Å². The van der Waals surface area contributed by atoms with E-state index in [0.29, 0.717) is 4.57 Å². The van der Waals surface area contributed by atoms with Crippen LogP contribution < -0.4 is 11.2 Å². The molecule has 0 amide bonds. The lowest BCUT2D eigenvalue weighted by molar-refractivity contribution is -0.141. The Balaban J connectivity index is 2.45. The van der Waals surface area contributed by atoms with Gasteiger partial charge in [-0.2, -0.15) is 8.78 Å². The molecular weight excluding hydrogens is 262 g/mol. The van der Waals surface area contributed by atoms with Crippen molar-refractivity contribution in [2.45, 2.75) is 38.2 Å². The van der Waals surface area contributed by atoms with Crippen molar-refractivity contribution < 1.29 is 18.6 Å². The summed E-state index contributed by atoms with van der Waals surface area (Å²) < 4.78 is 33.6. The van der Waals surface area contributed by atoms with Crippen LogP contribution in [0.4, 0.5) is 8.78 Å². The Hall–Kier alpha value is -1.54. The normalized spacial score (nSPS) is 29.9. The molecular formula is C11H14F2N2O4. The van der Waals surface area contributed by atoms with Gasteiger partial charge in [-0.3, -0.25) is 14.3 Å². The fourth-order valence-electron chi connectivity index (χ4n) is 2.06. The Morgan fingerprint density at radius 3 is 2.58 bits per heavy atom. The smallest absolute Gasteiger partial charge is 0.330 e. The molecule has 2 N–H and O–H groups in total. The lowest BCUT2D eigenvalue weighted by Gasteiger charge is -2.20. The van der Waals surface area contributed by atoms with Crippen molar-refractivity contribution >= 4 is 0 Å². The molecule has 0 unspecified atom stereocenters. The summed E-state index contributed by atoms with van der Waals surface area (Å²) in [6.07, 6.45) is -4.09. The molecule has 1 saturated heterocycles. The molecule has 0 aliphatic carbocycles. The van der Waals surface area contributed by atoms with Crippen LogP contribution in [-0.4, -0.2) is 32.8 Å². The topological polar surface area (TPSA) is 84.3 Å². The van der Waals surface area contributed by atoms with Crippen LogP contribution in [-0.2, 0) is 4.74 Å². The summed E-state index contributed by atoms with van der Waals surface area (Å²) in [7, 11) is 0. The SMILES string of the molecule is CC(C)[C@H]1O[C@@H](n2ccc(=O)[nH]c2=O)C(F)(F)[C@@H]1O. The van der Waals surface area contributed by atoms with Gasteiger partial charge in [-0.25, -0.2) is 4.79 Å². The number of aliphatic hydroxyl groups is 1. The fraction of sp³-hybridized carbons (Fsp3) is 0.636. The summed E-state index contributed by atoms with van der Waals surface area (Å²) in [4.78, 5) is 24.3. The lowest BCUT2D eigenvalue weighted by atomic mass is 10.00. The minimum atomic E-state index is -3.61. The highest BCUT2D eigenvalue weighted by atomic mass is 19.3. The van der Waals surface area contributed by atoms with Crippen molar-refractivity contribution in [3.05, 3.63) is 33.1 Å². The van der Waals surface area contributed by atoms with Crippen LogP contribution in [0.25, 0.3) is 0 Å². The largest absolute Gasteiger partial charge is 0.384 e. The minimum absolute atomic E-state index is 0.343. The summed E-state index contributed by atoms with van der Waals surface area (Å²) in [5.74, 6) is -3.96. The Bertz CT molecular complexity index is 581. The summed E-state index contributed by atoms with van der Waals surface area (Å²) >= 11 is 0. The third kappa shape index (κ3) is 2.21. The molecule has 3 atom stereocenters. The molecule has 1 fully saturated rings. The second kappa shape index (κ2) is 4.53. The van der Waals surface area contributed by atoms with Crippen LogP contribution in [0, 0.1) is 5.92 Å². The van der Waals surface area contributed by atoms with Crippen LogP contribution in [0.1, 0.15) is 20.1 Å². The maximum Gasteiger partial charge on any atom is 0.330 e. The number of nitrogens with one attached hydrogen (secondary N) is 1. The van der Waals surface area contributed by atoms with Crippen molar-refractivity contribution in [3.8, 4) is 0 Å². The van der Waals surface area contributed by atoms with Crippen LogP contribution >= 0.6 is 0 Å². The van der Waals surface area contributed by atoms with Gasteiger partial charge in [-0.05, 0) is 5.92 Å². The number of aromatic amines is 1. The fourth-order valence-corrected chi connectivity index (χ4v) is 2.06. The van der Waals surface area contributed by atoms with Crippen molar-refractivity contribution in [2.75, 3.05) is 0 Å². The van der Waals surface area contributed by atoms with Gasteiger partial charge >= 0.3 is 11.6 Å². The Kier molecular flexibility index (Phi) is 3.31. The van der Waals surface area contributed by atoms with Gasteiger partial charge in [0.25, 0.3) is 5.56 Å². The van der Waals surface area contributed by atoms with Crippen molar-refractivity contribution in [3.63, 3.8) is 0 Å². The van der Waals surface area contributed by atoms with E-state index in [1.165, 1.54) is 0 Å². The second-order valence-electron chi connectivity index (χ2n) is 4.83. The van der Waals surface area contributed by atoms with E-state index in [1.807, 2.05) is 4.98 Å². The molecule has 2 heterocycles. The van der Waals surface area contributed by atoms with Crippen molar-refractivity contribution in [1.82, 2.24) is 9.55 Å². The van der Waals surface area contributed by atoms with E-state index < -0.39 is 35.6 Å². The number of aromatic nitrogens is 2. The number of H-pyrrole nitrogens is 1. The molecule has 1 aliphatic rings. The molecule has 0 radical (unpaired) electrons. The molecule has 19 heavy (non-hydrogen) atoms. The van der Waals surface area contributed by atoms with E-state index in [2.05, 4.69) is 0 Å². The first-order valence-corrected chi connectivity index (χ1v) is 5.78. The van der Waals surface area contributed by atoms with E-state index in [1.54, 1.807) is 13.8 Å². The lowest BCUT2D eigenvalue weighted by Crippen LogP contribution is -2.42. The first-order chi connectivity index (χ1) is 8.75. The number of rotatable bonds is 2. The molecule has 1 aromatic rings. The van der Waals surface area contributed by atoms with Gasteiger partial charge < -0.3 is 9.84 Å². The Labute approximate surface area is 106 Å². The highest BCUT2D eigenvalue weighted by molar-refractivity contribution is 4.98. The summed E-state index contributed by atoms with van der Waals surface area (Å²) in [6.45, 7) is 3.25. The van der Waals surface area contributed by atoms with Crippen LogP contribution in [0.5, 0.6) is 0 Å². The maximum absolute atomic E-state index is 14.0. The molecule has 6 nitrogen and oxygen atoms in total. The van der Waals surface area contributed by atoms with Crippen molar-refractivity contribution in [2.24, 2.45) is 5.92 Å². The third-order valence-electron chi connectivity index (χ3n) is 3.08. The predicted molar refractivity (Wildman–Crippen MR) is 61.0 cm³/mol. The highest BCUT2D eigenvalue weighted by Crippen LogP contribution is 2.43. The van der Waals surface area contributed by atoms with E-state index >= 15 is 0 Å². The number of ether oxygens (including phenoxy) is 1. The zero-order valence-electron chi connectivity index (χ0n) is 10.3. The number of hydrogen-bond donors (Lipinski definition) is 2. The van der Waals surface area contributed by atoms with E-state index in [4.69, 9.17) is 4.74 Å². The first-order valence-electron chi connectivity index (χ1n) is 5.78. The molecule has 0 aromatic carbocycles. The van der Waals surface area contributed by atoms with E-state index in [-0.39, 0.29) is 5.92 Å². The monoisotopic (exact) mass is 276 g/mol. The molecule has 0 saturated carbocycles. The van der Waals surface area contributed by atoms with Crippen LogP contribution in [0.15, 0.2) is 21.9 Å². The number of nitrogens with zero attached hydrogens (tertiary/aromatic N) is 1. The minimum Gasteiger partial charge on any atom is -0.384 e. The van der Waals surface area contributed by atoms with Crippen LogP contribution in [0.2, 0.25) is 0 Å². The summed E-state index contributed by atoms with van der Waals surface area (Å²) in [5, 5.41) is 9.60. The van der Waals surface area contributed by atoms with Crippen molar-refractivity contribution in [1.29, 1.82) is 0 Å². The molecule has 2 rings (SSSR count). The first kappa shape index (κ1) is 13.9. The number of halogens is 2. The predicted octanol–water partition coefficient (Wildman–Crippen LogP) is 0.0862. The highest BCUT2D eigenvalue weighted by Gasteiger charge is 2.60. The van der Waals surface area contributed by atoms with Gasteiger partial charge in [-0.1, -0.05) is 13.8 Å². The Morgan fingerprint density at radius 2 is 2.11 bits per heavy atom. The van der Waals surface area contributed by atoms with E-state index in [0.717, 1.165) is 12.3 Å². The summed E-state index contributed by atoms with van der Waals surface area (Å²) in [5.41, 5.74) is -1.70. The molecule has 1 aliphatic heterocycles. The average molecular weight is 276 g/mol. The third-order valence-corrected chi connectivity index (χ3v) is 3.08. The maximum atomic E-state index is 14.0. The zero-order chi connectivity index (χ0) is 14.4. The van der Waals surface area contributed by atoms with Gasteiger partial charge in [0.05, 0.1) is 6.10 Å². The van der Waals surface area contributed by atoms with Gasteiger partial charge in [0.1, 0.15) is 6.10 Å². The number of hydrogen-bond acceptors (Lipinski definition) is 4. The molecule has 0 spiro atoms. The number of alkyl halides is 2. The number of aliphatic hydroxyl groups excluding tert-OH is 1. The second-order valence-corrected chi connectivity index (χ2v) is 4.83. The molecule has 0 bridgehead atoms. The standard InChI is InChI=1S/C11H14F2N2O4/c1-5(2)7-8(17)11(12,13)9(19-7)15-4-3-6(16)14-10(15)18/h3-5,7-9,17H,1-2H3,(H,14,16,18)/t7-,8-,9-/m1/s1. The van der Waals surface area contributed by atoms with Gasteiger partial charge in [0.2, 0.25) is 6.23 Å². The Morgan fingerprint density at radius 1 is 1.47 bits per heavy atom. The van der Waals surface area contributed by atoms with Gasteiger partial charge in [0, 0.05) is 12.3 Å². The zero-order valence-corrected chi connectivity index (χ0v) is 10.3. The molecule has 8 heteroatoms. The summed E-state index contributed by atoms with van der Waals surface area (Å²) in [6, 6.07) is 0.940. The quantitative estimate of drug-likeness (QED) is 0.801. The molecule has 1 aromatic heterocycles. The van der Waals surface area contributed by atoms with Crippen LogP contribution in [0.3, 0.4) is 0 Å². The van der Waals surface area contributed by atoms with Gasteiger partial charge in [-0.15, -0.1) is 0 Å².